The topological polar surface area (TPSA) is 84.2 Å². The third-order valence-corrected chi connectivity index (χ3v) is 4.38. The van der Waals surface area contributed by atoms with Gasteiger partial charge in [-0.15, -0.1) is 0 Å². The van der Waals surface area contributed by atoms with E-state index in [1.807, 2.05) is 0 Å². The van der Waals surface area contributed by atoms with Crippen LogP contribution in [0, 0.1) is 5.82 Å². The Kier molecular flexibility index (Phi) is 4.33. The maximum absolute atomic E-state index is 13.0. The predicted molar refractivity (Wildman–Crippen MR) is 84.4 cm³/mol. The van der Waals surface area contributed by atoms with Gasteiger partial charge in [-0.05, 0) is 43.2 Å². The molecule has 2 aromatic rings. The van der Waals surface area contributed by atoms with Crippen molar-refractivity contribution in [1.29, 1.82) is 0 Å². The van der Waals surface area contributed by atoms with Gasteiger partial charge in [-0.25, -0.2) is 13.9 Å². The Labute approximate surface area is 138 Å². The molecule has 0 bridgehead atoms. The highest BCUT2D eigenvalue weighted by Gasteiger charge is 2.41. The van der Waals surface area contributed by atoms with E-state index in [1.165, 1.54) is 22.9 Å². The van der Waals surface area contributed by atoms with E-state index < -0.39 is 17.4 Å². The Morgan fingerprint density at radius 2 is 1.79 bits per heavy atom. The summed E-state index contributed by atoms with van der Waals surface area (Å²) in [5.41, 5.74) is -0.471. The zero-order chi connectivity index (χ0) is 17.2. The molecule has 0 saturated heterocycles. The molecule has 2 N–H and O–H groups in total. The lowest BCUT2D eigenvalue weighted by atomic mass is 9.81. The van der Waals surface area contributed by atoms with Gasteiger partial charge in [0, 0.05) is 6.20 Å². The van der Waals surface area contributed by atoms with Crippen LogP contribution in [0.15, 0.2) is 36.5 Å². The summed E-state index contributed by atoms with van der Waals surface area (Å²) < 4.78 is 14.4. The first-order chi connectivity index (χ1) is 11.5. The highest BCUT2D eigenvalue weighted by molar-refractivity contribution is 5.96. The molecule has 1 aliphatic rings. The number of carboxylic acid groups (broad SMARTS) is 1. The van der Waals surface area contributed by atoms with Gasteiger partial charge in [0.25, 0.3) is 5.91 Å². The average Bonchev–Trinajstić information content (AvgIpc) is 3.06. The van der Waals surface area contributed by atoms with E-state index >= 15 is 0 Å². The minimum Gasteiger partial charge on any atom is -0.480 e. The Morgan fingerprint density at radius 3 is 2.42 bits per heavy atom. The number of nitrogens with zero attached hydrogens (tertiary/aromatic N) is 2. The molecular weight excluding hydrogens is 313 g/mol. The molecule has 126 valence electrons. The van der Waals surface area contributed by atoms with Gasteiger partial charge < -0.3 is 10.4 Å². The second-order valence-electron chi connectivity index (χ2n) is 6.02. The number of amides is 1. The van der Waals surface area contributed by atoms with E-state index in [2.05, 4.69) is 10.4 Å². The third-order valence-electron chi connectivity index (χ3n) is 4.38. The molecular formula is C17H18FN3O3. The number of rotatable bonds is 4. The van der Waals surface area contributed by atoms with Gasteiger partial charge in [0.2, 0.25) is 0 Å². The maximum Gasteiger partial charge on any atom is 0.329 e. The van der Waals surface area contributed by atoms with Crippen molar-refractivity contribution in [3.05, 3.63) is 48.0 Å². The molecule has 24 heavy (non-hydrogen) atoms. The largest absolute Gasteiger partial charge is 0.480 e. The molecule has 0 unspecified atom stereocenters. The van der Waals surface area contributed by atoms with Crippen LogP contribution >= 0.6 is 0 Å². The highest BCUT2D eigenvalue weighted by Crippen LogP contribution is 2.28. The molecule has 1 aromatic heterocycles. The normalized spacial score (nSPS) is 16.5. The van der Waals surface area contributed by atoms with Crippen molar-refractivity contribution in [2.24, 2.45) is 0 Å². The summed E-state index contributed by atoms with van der Waals surface area (Å²) in [6.45, 7) is 0. The maximum atomic E-state index is 13.0. The number of hydrogen-bond donors (Lipinski definition) is 2. The number of hydrogen-bond acceptors (Lipinski definition) is 3. The fourth-order valence-electron chi connectivity index (χ4n) is 3.01. The number of nitrogens with one attached hydrogen (secondary N) is 1. The summed E-state index contributed by atoms with van der Waals surface area (Å²) in [7, 11) is 0. The van der Waals surface area contributed by atoms with Crippen LogP contribution in [0.1, 0.15) is 42.6 Å². The van der Waals surface area contributed by atoms with Crippen LogP contribution < -0.4 is 5.32 Å². The van der Waals surface area contributed by atoms with Crippen LogP contribution in [0.3, 0.4) is 0 Å². The SMILES string of the molecule is O=C(NC1(C(=O)O)CCCCC1)c1ccn(-c2ccc(F)cc2)n1. The first kappa shape index (κ1) is 16.2. The summed E-state index contributed by atoms with van der Waals surface area (Å²) in [5.74, 6) is -1.88. The Bertz CT molecular complexity index is 749. The first-order valence-electron chi connectivity index (χ1n) is 7.88. The van der Waals surface area contributed by atoms with Gasteiger partial charge in [-0.2, -0.15) is 5.10 Å². The Morgan fingerprint density at radius 1 is 1.12 bits per heavy atom. The summed E-state index contributed by atoms with van der Waals surface area (Å²) in [6, 6.07) is 7.21. The molecule has 1 amide bonds. The van der Waals surface area contributed by atoms with Crippen molar-refractivity contribution in [1.82, 2.24) is 15.1 Å². The lowest BCUT2D eigenvalue weighted by Crippen LogP contribution is -2.55. The van der Waals surface area contributed by atoms with Crippen molar-refractivity contribution in [2.45, 2.75) is 37.6 Å². The summed E-state index contributed by atoms with van der Waals surface area (Å²) >= 11 is 0. The van der Waals surface area contributed by atoms with E-state index in [-0.39, 0.29) is 11.5 Å². The van der Waals surface area contributed by atoms with Crippen molar-refractivity contribution < 1.29 is 19.1 Å². The standard InChI is InChI=1S/C17H18FN3O3/c18-12-4-6-13(7-5-12)21-11-8-14(20-21)15(22)19-17(16(23)24)9-2-1-3-10-17/h4-8,11H,1-3,9-10H2,(H,19,22)(H,23,24). The summed E-state index contributed by atoms with van der Waals surface area (Å²) in [4.78, 5) is 24.0. The monoisotopic (exact) mass is 331 g/mol. The highest BCUT2D eigenvalue weighted by atomic mass is 19.1. The van der Waals surface area contributed by atoms with E-state index in [0.29, 0.717) is 18.5 Å². The average molecular weight is 331 g/mol. The van der Waals surface area contributed by atoms with Crippen LogP contribution in [0.25, 0.3) is 5.69 Å². The minimum absolute atomic E-state index is 0.130. The summed E-state index contributed by atoms with van der Waals surface area (Å²) in [5, 5.41) is 16.3. The molecule has 1 saturated carbocycles. The lowest BCUT2D eigenvalue weighted by Gasteiger charge is -2.33. The molecule has 0 aliphatic heterocycles. The van der Waals surface area contributed by atoms with Gasteiger partial charge in [0.15, 0.2) is 5.69 Å². The van der Waals surface area contributed by atoms with E-state index in [1.54, 1.807) is 18.3 Å². The van der Waals surface area contributed by atoms with Gasteiger partial charge in [-0.1, -0.05) is 19.3 Å². The fraction of sp³-hybridized carbons (Fsp3) is 0.353. The molecule has 0 atom stereocenters. The predicted octanol–water partition coefficient (Wildman–Crippen LogP) is 2.53. The van der Waals surface area contributed by atoms with Gasteiger partial charge in [-0.3, -0.25) is 4.79 Å². The number of carbonyl (C=O) groups excluding carboxylic acids is 1. The number of carboxylic acids is 1. The second-order valence-corrected chi connectivity index (χ2v) is 6.02. The van der Waals surface area contributed by atoms with Crippen molar-refractivity contribution in [3.63, 3.8) is 0 Å². The molecule has 0 radical (unpaired) electrons. The van der Waals surface area contributed by atoms with Gasteiger partial charge in [0.05, 0.1) is 5.69 Å². The fourth-order valence-corrected chi connectivity index (χ4v) is 3.01. The minimum atomic E-state index is -1.21. The first-order valence-corrected chi connectivity index (χ1v) is 7.88. The van der Waals surface area contributed by atoms with Crippen LogP contribution in [0.5, 0.6) is 0 Å². The smallest absolute Gasteiger partial charge is 0.329 e. The molecule has 0 spiro atoms. The quantitative estimate of drug-likeness (QED) is 0.902. The molecule has 1 aromatic carbocycles. The van der Waals surface area contributed by atoms with E-state index in [0.717, 1.165) is 19.3 Å². The number of aromatic nitrogens is 2. The van der Waals surface area contributed by atoms with Crippen LogP contribution in [-0.2, 0) is 4.79 Å². The van der Waals surface area contributed by atoms with E-state index in [9.17, 15) is 19.1 Å². The van der Waals surface area contributed by atoms with Crippen LogP contribution in [0.2, 0.25) is 0 Å². The molecule has 3 rings (SSSR count). The zero-order valence-electron chi connectivity index (χ0n) is 13.0. The summed E-state index contributed by atoms with van der Waals surface area (Å²) in [6.07, 6.45) is 4.95. The number of carbonyl (C=O) groups is 2. The van der Waals surface area contributed by atoms with Gasteiger partial charge in [0.1, 0.15) is 11.4 Å². The second kappa shape index (κ2) is 6.43. The van der Waals surface area contributed by atoms with E-state index in [4.69, 9.17) is 0 Å². The Hall–Kier alpha value is -2.70. The number of aliphatic carboxylic acids is 1. The number of halogens is 1. The van der Waals surface area contributed by atoms with Crippen LogP contribution in [-0.4, -0.2) is 32.3 Å². The molecule has 7 heteroatoms. The molecule has 1 aliphatic carbocycles. The number of benzene rings is 1. The molecule has 1 fully saturated rings. The van der Waals surface area contributed by atoms with Crippen molar-refractivity contribution >= 4 is 11.9 Å². The van der Waals surface area contributed by atoms with Crippen molar-refractivity contribution in [2.75, 3.05) is 0 Å². The Balaban J connectivity index is 1.78. The van der Waals surface area contributed by atoms with Crippen LogP contribution in [0.4, 0.5) is 4.39 Å². The third kappa shape index (κ3) is 3.15. The van der Waals surface area contributed by atoms with Crippen molar-refractivity contribution in [3.8, 4) is 5.69 Å². The zero-order valence-corrected chi connectivity index (χ0v) is 13.0. The molecule has 6 nitrogen and oxygen atoms in total. The van der Waals surface area contributed by atoms with Gasteiger partial charge >= 0.3 is 5.97 Å². The lowest BCUT2D eigenvalue weighted by molar-refractivity contribution is -0.145. The molecule has 1 heterocycles.